The quantitative estimate of drug-likeness (QED) is 0.415. The van der Waals surface area contributed by atoms with Crippen LogP contribution >= 0.6 is 0 Å². The molecule has 0 aromatic carbocycles. The molecule has 3 aliphatic rings. The Labute approximate surface area is 111 Å². The number of fused-ring (bicyclic) bond motifs is 1. The van der Waals surface area contributed by atoms with Gasteiger partial charge in [-0.2, -0.15) is 8.42 Å². The van der Waals surface area contributed by atoms with Crippen LogP contribution in [0.15, 0.2) is 12.7 Å². The standard InChI is InChI=1S/C12H16O6S/c1-5-7(13)16-9-8-10-12(4,18-19(8,14)15)6(2)11(9,3)17-10/h5-6,8-10H,1H2,2-4H3. The minimum Gasteiger partial charge on any atom is -0.455 e. The summed E-state index contributed by atoms with van der Waals surface area (Å²) < 4.78 is 40.6. The Hall–Kier alpha value is -0.920. The highest BCUT2D eigenvalue weighted by molar-refractivity contribution is 7.87. The lowest BCUT2D eigenvalue weighted by Gasteiger charge is -2.37. The molecule has 0 amide bonds. The summed E-state index contributed by atoms with van der Waals surface area (Å²) in [7, 11) is -3.80. The molecular weight excluding hydrogens is 272 g/mol. The molecule has 6 nitrogen and oxygen atoms in total. The highest BCUT2D eigenvalue weighted by Crippen LogP contribution is 2.61. The topological polar surface area (TPSA) is 78.9 Å². The Kier molecular flexibility index (Phi) is 2.34. The monoisotopic (exact) mass is 288 g/mol. The minimum absolute atomic E-state index is 0.207. The molecule has 3 heterocycles. The zero-order chi connectivity index (χ0) is 14.2. The maximum absolute atomic E-state index is 12.1. The number of rotatable bonds is 2. The van der Waals surface area contributed by atoms with E-state index < -0.39 is 44.7 Å². The Morgan fingerprint density at radius 2 is 2.00 bits per heavy atom. The van der Waals surface area contributed by atoms with Crippen molar-refractivity contribution in [2.24, 2.45) is 5.92 Å². The number of esters is 1. The minimum atomic E-state index is -3.80. The molecule has 0 radical (unpaired) electrons. The first-order chi connectivity index (χ1) is 8.67. The fourth-order valence-electron chi connectivity index (χ4n) is 3.59. The SMILES string of the molecule is C=CC(=O)OC1C2C3OC1(C)C(C)C3(C)OS2(=O)=O. The summed E-state index contributed by atoms with van der Waals surface area (Å²) in [5.74, 6) is -0.862. The lowest BCUT2D eigenvalue weighted by molar-refractivity contribution is -0.153. The van der Waals surface area contributed by atoms with Gasteiger partial charge in [0, 0.05) is 12.0 Å². The maximum Gasteiger partial charge on any atom is 0.330 e. The molecular formula is C12H16O6S. The number of ether oxygens (including phenoxy) is 2. The molecule has 2 bridgehead atoms. The summed E-state index contributed by atoms with van der Waals surface area (Å²) in [6.07, 6.45) is -0.444. The molecule has 0 aromatic heterocycles. The van der Waals surface area contributed by atoms with Crippen LogP contribution < -0.4 is 0 Å². The summed E-state index contributed by atoms with van der Waals surface area (Å²) in [5, 5.41) is -0.956. The number of carbonyl (C=O) groups is 1. The second-order valence-corrected chi connectivity index (χ2v) is 7.43. The van der Waals surface area contributed by atoms with Crippen LogP contribution in [0.4, 0.5) is 0 Å². The van der Waals surface area contributed by atoms with E-state index in [4.69, 9.17) is 13.7 Å². The average molecular weight is 288 g/mol. The third kappa shape index (κ3) is 1.33. The van der Waals surface area contributed by atoms with Gasteiger partial charge in [-0.3, -0.25) is 4.18 Å². The van der Waals surface area contributed by atoms with Crippen LogP contribution in [0.25, 0.3) is 0 Å². The van der Waals surface area contributed by atoms with Crippen LogP contribution in [-0.4, -0.2) is 43.0 Å². The van der Waals surface area contributed by atoms with Gasteiger partial charge in [-0.05, 0) is 13.8 Å². The molecule has 3 rings (SSSR count). The van der Waals surface area contributed by atoms with Gasteiger partial charge in [-0.1, -0.05) is 13.5 Å². The largest absolute Gasteiger partial charge is 0.455 e. The van der Waals surface area contributed by atoms with Gasteiger partial charge in [0.05, 0.1) is 0 Å². The van der Waals surface area contributed by atoms with E-state index in [0.29, 0.717) is 0 Å². The lowest BCUT2D eigenvalue weighted by atomic mass is 9.70. The second kappa shape index (κ2) is 3.39. The van der Waals surface area contributed by atoms with Crippen molar-refractivity contribution in [1.29, 1.82) is 0 Å². The van der Waals surface area contributed by atoms with Gasteiger partial charge in [0.25, 0.3) is 10.1 Å². The summed E-state index contributed by atoms with van der Waals surface area (Å²) in [6.45, 7) is 8.67. The summed E-state index contributed by atoms with van der Waals surface area (Å²) >= 11 is 0. The Morgan fingerprint density at radius 3 is 2.58 bits per heavy atom. The van der Waals surface area contributed by atoms with E-state index in [9.17, 15) is 13.2 Å². The summed E-state index contributed by atoms with van der Waals surface area (Å²) in [6, 6.07) is 0. The molecule has 0 aromatic rings. The summed E-state index contributed by atoms with van der Waals surface area (Å²) in [5.41, 5.74) is -1.73. The van der Waals surface area contributed by atoms with E-state index in [1.807, 2.05) is 6.92 Å². The molecule has 0 saturated carbocycles. The van der Waals surface area contributed by atoms with Crippen LogP contribution in [0.2, 0.25) is 0 Å². The van der Waals surface area contributed by atoms with Crippen molar-refractivity contribution < 1.29 is 26.9 Å². The molecule has 3 fully saturated rings. The molecule has 3 aliphatic heterocycles. The number of carbonyl (C=O) groups excluding carboxylic acids is 1. The smallest absolute Gasteiger partial charge is 0.330 e. The van der Waals surface area contributed by atoms with Crippen LogP contribution in [0.1, 0.15) is 20.8 Å². The van der Waals surface area contributed by atoms with Crippen molar-refractivity contribution in [3.05, 3.63) is 12.7 Å². The zero-order valence-electron chi connectivity index (χ0n) is 11.0. The number of hydrogen-bond donors (Lipinski definition) is 0. The highest BCUT2D eigenvalue weighted by atomic mass is 32.2. The van der Waals surface area contributed by atoms with Gasteiger partial charge >= 0.3 is 5.97 Å². The van der Waals surface area contributed by atoms with E-state index in [1.54, 1.807) is 13.8 Å². The summed E-state index contributed by atoms with van der Waals surface area (Å²) in [4.78, 5) is 11.4. The van der Waals surface area contributed by atoms with E-state index >= 15 is 0 Å². The van der Waals surface area contributed by atoms with Crippen molar-refractivity contribution in [3.8, 4) is 0 Å². The zero-order valence-corrected chi connectivity index (χ0v) is 11.8. The highest BCUT2D eigenvalue weighted by Gasteiger charge is 2.80. The molecule has 0 spiro atoms. The fourth-order valence-corrected chi connectivity index (χ4v) is 5.69. The predicted molar refractivity (Wildman–Crippen MR) is 64.7 cm³/mol. The van der Waals surface area contributed by atoms with Crippen LogP contribution in [0.3, 0.4) is 0 Å². The molecule has 106 valence electrons. The Balaban J connectivity index is 2.09. The van der Waals surface area contributed by atoms with E-state index in [0.717, 1.165) is 6.08 Å². The first-order valence-electron chi connectivity index (χ1n) is 6.12. The van der Waals surface area contributed by atoms with Gasteiger partial charge in [0.1, 0.15) is 17.3 Å². The van der Waals surface area contributed by atoms with Gasteiger partial charge in [0.15, 0.2) is 11.4 Å². The molecule has 19 heavy (non-hydrogen) atoms. The molecule has 3 saturated heterocycles. The van der Waals surface area contributed by atoms with Crippen molar-refractivity contribution in [3.63, 3.8) is 0 Å². The molecule has 0 aliphatic carbocycles. The predicted octanol–water partition coefficient (Wildman–Crippen LogP) is 0.379. The van der Waals surface area contributed by atoms with Crippen LogP contribution in [0, 0.1) is 5.92 Å². The Morgan fingerprint density at radius 1 is 1.37 bits per heavy atom. The van der Waals surface area contributed by atoms with Crippen LogP contribution in [0.5, 0.6) is 0 Å². The first-order valence-corrected chi connectivity index (χ1v) is 7.59. The molecule has 0 N–H and O–H groups in total. The normalized spacial score (nSPS) is 53.2. The van der Waals surface area contributed by atoms with Crippen molar-refractivity contribution in [1.82, 2.24) is 0 Å². The fraction of sp³-hybridized carbons (Fsp3) is 0.750. The van der Waals surface area contributed by atoms with E-state index in [1.165, 1.54) is 0 Å². The third-order valence-corrected chi connectivity index (χ3v) is 6.62. The third-order valence-electron chi connectivity index (χ3n) is 4.87. The first kappa shape index (κ1) is 13.1. The van der Waals surface area contributed by atoms with Crippen molar-refractivity contribution >= 4 is 16.1 Å². The average Bonchev–Trinajstić information content (AvgIpc) is 2.77. The lowest BCUT2D eigenvalue weighted by Crippen LogP contribution is -2.56. The molecule has 6 atom stereocenters. The van der Waals surface area contributed by atoms with Gasteiger partial charge in [-0.15, -0.1) is 0 Å². The van der Waals surface area contributed by atoms with E-state index in [-0.39, 0.29) is 5.92 Å². The number of hydrogen-bond acceptors (Lipinski definition) is 6. The van der Waals surface area contributed by atoms with Crippen molar-refractivity contribution in [2.75, 3.05) is 0 Å². The second-order valence-electron chi connectivity index (χ2n) is 5.73. The maximum atomic E-state index is 12.1. The Bertz CT molecular complexity index is 569. The van der Waals surface area contributed by atoms with Crippen LogP contribution in [-0.2, 0) is 28.6 Å². The molecule has 7 heteroatoms. The molecule has 6 unspecified atom stereocenters. The van der Waals surface area contributed by atoms with Gasteiger partial charge in [0.2, 0.25) is 0 Å². The van der Waals surface area contributed by atoms with Gasteiger partial charge in [-0.25, -0.2) is 4.79 Å². The van der Waals surface area contributed by atoms with Crippen molar-refractivity contribution in [2.45, 2.75) is 49.4 Å². The van der Waals surface area contributed by atoms with E-state index in [2.05, 4.69) is 6.58 Å². The van der Waals surface area contributed by atoms with Gasteiger partial charge < -0.3 is 9.47 Å².